The maximum absolute atomic E-state index is 11.8. The molecule has 8 nitrogen and oxygen atoms in total. The van der Waals surface area contributed by atoms with Gasteiger partial charge in [-0.1, -0.05) is 0 Å². The van der Waals surface area contributed by atoms with Gasteiger partial charge in [0.2, 0.25) is 10.0 Å². The van der Waals surface area contributed by atoms with E-state index in [-0.39, 0.29) is 5.69 Å². The number of methoxy groups -OCH3 is 1. The summed E-state index contributed by atoms with van der Waals surface area (Å²) in [4.78, 5) is 11.8. The number of amides is 2. The van der Waals surface area contributed by atoms with Crippen LogP contribution in [-0.2, 0) is 16.6 Å². The lowest BCUT2D eigenvalue weighted by atomic mass is 10.2. The van der Waals surface area contributed by atoms with Gasteiger partial charge in [-0.25, -0.2) is 13.2 Å². The Morgan fingerprint density at radius 2 is 2.09 bits per heavy atom. The minimum absolute atomic E-state index is 0.239. The van der Waals surface area contributed by atoms with E-state index in [2.05, 4.69) is 15.4 Å². The number of carbonyl (C=O) groups excluding carboxylic acids is 1. The van der Waals surface area contributed by atoms with Crippen LogP contribution in [0.3, 0.4) is 0 Å². The Balaban J connectivity index is 2.04. The zero-order chi connectivity index (χ0) is 16.9. The predicted molar refractivity (Wildman–Crippen MR) is 86.0 cm³/mol. The summed E-state index contributed by atoms with van der Waals surface area (Å²) in [6, 6.07) is 5.93. The smallest absolute Gasteiger partial charge is 0.319 e. The molecular weight excluding hydrogens is 322 g/mol. The first-order valence-corrected chi connectivity index (χ1v) is 8.48. The fourth-order valence-electron chi connectivity index (χ4n) is 1.82. The second-order valence-electron chi connectivity index (χ2n) is 4.73. The summed E-state index contributed by atoms with van der Waals surface area (Å²) in [7, 11) is -2.04. The van der Waals surface area contributed by atoms with Gasteiger partial charge >= 0.3 is 6.03 Å². The Hall–Kier alpha value is -2.68. The molecule has 0 saturated heterocycles. The first-order valence-electron chi connectivity index (χ1n) is 6.59. The molecule has 0 saturated carbocycles. The maximum atomic E-state index is 11.8. The minimum atomic E-state index is -3.46. The zero-order valence-electron chi connectivity index (χ0n) is 12.6. The third-order valence-corrected chi connectivity index (χ3v) is 3.38. The van der Waals surface area contributed by atoms with E-state index in [1.807, 2.05) is 0 Å². The van der Waals surface area contributed by atoms with Crippen molar-refractivity contribution >= 4 is 27.4 Å². The Morgan fingerprint density at radius 3 is 2.70 bits per heavy atom. The topological polar surface area (TPSA) is 110 Å². The van der Waals surface area contributed by atoms with Crippen LogP contribution < -0.4 is 20.1 Å². The molecule has 1 heterocycles. The third kappa shape index (κ3) is 5.22. The standard InChI is InChI=1S/C14H17N3O5S/c1-21-13-4-3-11(7-12(13)17-23(2,19)20)16-14(18)15-8-10-5-6-22-9-10/h3-7,9,17H,8H2,1-2H3,(H2,15,16,18). The molecular formula is C14H17N3O5S. The van der Waals surface area contributed by atoms with Gasteiger partial charge in [0, 0.05) is 17.8 Å². The number of furan rings is 1. The normalized spacial score (nSPS) is 10.9. The number of benzene rings is 1. The Labute approximate surface area is 133 Å². The van der Waals surface area contributed by atoms with Crippen molar-refractivity contribution in [3.05, 3.63) is 42.4 Å². The van der Waals surface area contributed by atoms with Crippen LogP contribution >= 0.6 is 0 Å². The largest absolute Gasteiger partial charge is 0.495 e. The van der Waals surface area contributed by atoms with E-state index in [4.69, 9.17) is 9.15 Å². The van der Waals surface area contributed by atoms with Crippen molar-refractivity contribution in [2.45, 2.75) is 6.54 Å². The molecule has 1 aromatic carbocycles. The molecule has 2 amide bonds. The quantitative estimate of drug-likeness (QED) is 0.745. The van der Waals surface area contributed by atoms with Crippen LogP contribution in [0.5, 0.6) is 5.75 Å². The average molecular weight is 339 g/mol. The molecule has 9 heteroatoms. The Kier molecular flexibility index (Phi) is 5.12. The summed E-state index contributed by atoms with van der Waals surface area (Å²) in [5.41, 5.74) is 1.48. The fourth-order valence-corrected chi connectivity index (χ4v) is 2.38. The van der Waals surface area contributed by atoms with Gasteiger partial charge in [-0.05, 0) is 24.3 Å². The first kappa shape index (κ1) is 16.7. The summed E-state index contributed by atoms with van der Waals surface area (Å²) in [5.74, 6) is 0.347. The van der Waals surface area contributed by atoms with Crippen LogP contribution in [0.4, 0.5) is 16.2 Å². The summed E-state index contributed by atoms with van der Waals surface area (Å²) in [6.07, 6.45) is 4.08. The lowest BCUT2D eigenvalue weighted by molar-refractivity contribution is 0.251. The lowest BCUT2D eigenvalue weighted by Gasteiger charge is -2.12. The molecule has 2 rings (SSSR count). The van der Waals surface area contributed by atoms with Gasteiger partial charge in [-0.3, -0.25) is 4.72 Å². The van der Waals surface area contributed by atoms with Crippen molar-refractivity contribution in [2.75, 3.05) is 23.4 Å². The van der Waals surface area contributed by atoms with E-state index in [1.165, 1.54) is 25.7 Å². The molecule has 124 valence electrons. The number of urea groups is 1. The third-order valence-electron chi connectivity index (χ3n) is 2.79. The highest BCUT2D eigenvalue weighted by Gasteiger charge is 2.10. The van der Waals surface area contributed by atoms with E-state index >= 15 is 0 Å². The van der Waals surface area contributed by atoms with E-state index in [9.17, 15) is 13.2 Å². The highest BCUT2D eigenvalue weighted by molar-refractivity contribution is 7.92. The van der Waals surface area contributed by atoms with Gasteiger partial charge in [0.25, 0.3) is 0 Å². The van der Waals surface area contributed by atoms with E-state index in [0.29, 0.717) is 18.0 Å². The van der Waals surface area contributed by atoms with Crippen molar-refractivity contribution in [1.29, 1.82) is 0 Å². The van der Waals surface area contributed by atoms with Crippen molar-refractivity contribution in [2.24, 2.45) is 0 Å². The molecule has 0 aliphatic rings. The fraction of sp³-hybridized carbons (Fsp3) is 0.214. The van der Waals surface area contributed by atoms with Gasteiger partial charge in [0.15, 0.2) is 0 Å². The van der Waals surface area contributed by atoms with Gasteiger partial charge in [0.1, 0.15) is 5.75 Å². The van der Waals surface area contributed by atoms with Gasteiger partial charge in [-0.15, -0.1) is 0 Å². The summed E-state index contributed by atoms with van der Waals surface area (Å²) >= 11 is 0. The van der Waals surface area contributed by atoms with Crippen LogP contribution in [-0.4, -0.2) is 27.8 Å². The van der Waals surface area contributed by atoms with E-state index in [1.54, 1.807) is 18.2 Å². The molecule has 0 fully saturated rings. The van der Waals surface area contributed by atoms with Crippen molar-refractivity contribution in [3.8, 4) is 5.75 Å². The number of hydrogen-bond acceptors (Lipinski definition) is 5. The second kappa shape index (κ2) is 7.05. The number of nitrogens with one attached hydrogen (secondary N) is 3. The molecule has 23 heavy (non-hydrogen) atoms. The van der Waals surface area contributed by atoms with Crippen molar-refractivity contribution < 1.29 is 22.4 Å². The number of sulfonamides is 1. The van der Waals surface area contributed by atoms with Crippen molar-refractivity contribution in [3.63, 3.8) is 0 Å². The number of anilines is 2. The average Bonchev–Trinajstić information content (AvgIpc) is 2.97. The monoisotopic (exact) mass is 339 g/mol. The minimum Gasteiger partial charge on any atom is -0.495 e. The summed E-state index contributed by atoms with van der Waals surface area (Å²) in [6.45, 7) is 0.312. The van der Waals surface area contributed by atoms with Crippen molar-refractivity contribution in [1.82, 2.24) is 5.32 Å². The Bertz CT molecular complexity index is 772. The number of ether oxygens (including phenoxy) is 1. The maximum Gasteiger partial charge on any atom is 0.319 e. The molecule has 0 aliphatic carbocycles. The molecule has 0 atom stereocenters. The summed E-state index contributed by atoms with van der Waals surface area (Å²) < 4.78 is 35.0. The highest BCUT2D eigenvalue weighted by Crippen LogP contribution is 2.28. The van der Waals surface area contributed by atoms with Crippen LogP contribution in [0.15, 0.2) is 41.2 Å². The lowest BCUT2D eigenvalue weighted by Crippen LogP contribution is -2.28. The molecule has 0 unspecified atom stereocenters. The first-order chi connectivity index (χ1) is 10.9. The molecule has 0 bridgehead atoms. The second-order valence-corrected chi connectivity index (χ2v) is 6.48. The van der Waals surface area contributed by atoms with Gasteiger partial charge in [0.05, 0.1) is 31.6 Å². The predicted octanol–water partition coefficient (Wildman–Crippen LogP) is 1.98. The number of carbonyl (C=O) groups is 1. The molecule has 2 aromatic rings. The molecule has 1 aromatic heterocycles. The molecule has 0 aliphatic heterocycles. The van der Waals surface area contributed by atoms with Crippen LogP contribution in [0.1, 0.15) is 5.56 Å². The van der Waals surface area contributed by atoms with Gasteiger partial charge < -0.3 is 19.8 Å². The van der Waals surface area contributed by atoms with Crippen LogP contribution in [0, 0.1) is 0 Å². The van der Waals surface area contributed by atoms with Crippen LogP contribution in [0.2, 0.25) is 0 Å². The SMILES string of the molecule is COc1ccc(NC(=O)NCc2ccoc2)cc1NS(C)(=O)=O. The summed E-state index contributed by atoms with van der Waals surface area (Å²) in [5, 5.41) is 5.26. The van der Waals surface area contributed by atoms with Gasteiger partial charge in [-0.2, -0.15) is 0 Å². The van der Waals surface area contributed by atoms with E-state index < -0.39 is 16.1 Å². The molecule has 0 spiro atoms. The van der Waals surface area contributed by atoms with Crippen LogP contribution in [0.25, 0.3) is 0 Å². The molecule has 3 N–H and O–H groups in total. The number of rotatable bonds is 6. The Morgan fingerprint density at radius 1 is 1.30 bits per heavy atom. The zero-order valence-corrected chi connectivity index (χ0v) is 13.4. The molecule has 0 radical (unpaired) electrons. The highest BCUT2D eigenvalue weighted by atomic mass is 32.2. The van der Waals surface area contributed by atoms with E-state index in [0.717, 1.165) is 11.8 Å². The number of hydrogen-bond donors (Lipinski definition) is 3.